The van der Waals surface area contributed by atoms with Crippen LogP contribution in [0.3, 0.4) is 0 Å². The summed E-state index contributed by atoms with van der Waals surface area (Å²) in [4.78, 5) is 19.6. The molecule has 2 aromatic rings. The third-order valence-electron chi connectivity index (χ3n) is 2.25. The molecule has 2 aromatic heterocycles. The second-order valence-electron chi connectivity index (χ2n) is 3.76. The summed E-state index contributed by atoms with van der Waals surface area (Å²) in [6, 6.07) is 7.74. The van der Waals surface area contributed by atoms with E-state index < -0.39 is 18.9 Å². The first-order chi connectivity index (χ1) is 9.65. The lowest BCUT2D eigenvalue weighted by Crippen LogP contribution is -2.14. The van der Waals surface area contributed by atoms with E-state index in [-0.39, 0.29) is 11.7 Å². The van der Waals surface area contributed by atoms with Crippen molar-refractivity contribution in [3.05, 3.63) is 48.3 Å². The SMILES string of the molecule is O=C(Nc1cccc(OCC(F)F)n1)c1cccnc1. The number of ether oxygens (including phenoxy) is 1. The van der Waals surface area contributed by atoms with Crippen molar-refractivity contribution in [2.45, 2.75) is 6.43 Å². The number of carbonyl (C=O) groups is 1. The lowest BCUT2D eigenvalue weighted by molar-refractivity contribution is 0.0796. The maximum absolute atomic E-state index is 12.0. The van der Waals surface area contributed by atoms with Gasteiger partial charge in [-0.05, 0) is 18.2 Å². The molecule has 20 heavy (non-hydrogen) atoms. The van der Waals surface area contributed by atoms with E-state index in [1.54, 1.807) is 24.4 Å². The molecule has 0 saturated carbocycles. The Hall–Kier alpha value is -2.57. The number of carbonyl (C=O) groups excluding carboxylic acids is 1. The van der Waals surface area contributed by atoms with Gasteiger partial charge in [-0.1, -0.05) is 6.07 Å². The number of halogens is 2. The maximum Gasteiger partial charge on any atom is 0.272 e. The van der Waals surface area contributed by atoms with Crippen LogP contribution in [-0.2, 0) is 0 Å². The molecule has 0 bridgehead atoms. The van der Waals surface area contributed by atoms with Crippen molar-refractivity contribution in [3.8, 4) is 5.88 Å². The molecule has 104 valence electrons. The van der Waals surface area contributed by atoms with Crippen molar-refractivity contribution in [2.24, 2.45) is 0 Å². The maximum atomic E-state index is 12.0. The van der Waals surface area contributed by atoms with E-state index in [4.69, 9.17) is 4.74 Å². The number of hydrogen-bond donors (Lipinski definition) is 1. The Morgan fingerprint density at radius 3 is 2.85 bits per heavy atom. The average molecular weight is 279 g/mol. The molecule has 2 heterocycles. The molecule has 0 radical (unpaired) electrons. The van der Waals surface area contributed by atoms with Crippen LogP contribution in [0.2, 0.25) is 0 Å². The molecule has 0 aliphatic rings. The summed E-state index contributed by atoms with van der Waals surface area (Å²) in [7, 11) is 0. The first-order valence-electron chi connectivity index (χ1n) is 5.74. The van der Waals surface area contributed by atoms with E-state index in [1.807, 2.05) is 0 Å². The van der Waals surface area contributed by atoms with Crippen molar-refractivity contribution in [2.75, 3.05) is 11.9 Å². The van der Waals surface area contributed by atoms with E-state index >= 15 is 0 Å². The summed E-state index contributed by atoms with van der Waals surface area (Å²) < 4.78 is 28.8. The Bertz CT molecular complexity index is 579. The second-order valence-corrected chi connectivity index (χ2v) is 3.76. The third kappa shape index (κ3) is 3.98. The predicted octanol–water partition coefficient (Wildman–Crippen LogP) is 2.37. The molecule has 0 fully saturated rings. The lowest BCUT2D eigenvalue weighted by Gasteiger charge is -2.07. The van der Waals surface area contributed by atoms with Gasteiger partial charge in [0.2, 0.25) is 5.88 Å². The monoisotopic (exact) mass is 279 g/mol. The number of hydrogen-bond acceptors (Lipinski definition) is 4. The average Bonchev–Trinajstić information content (AvgIpc) is 2.46. The minimum absolute atomic E-state index is 0.0225. The molecule has 1 N–H and O–H groups in total. The Labute approximate surface area is 113 Å². The second kappa shape index (κ2) is 6.55. The Morgan fingerprint density at radius 2 is 2.15 bits per heavy atom. The molecule has 5 nitrogen and oxygen atoms in total. The minimum Gasteiger partial charge on any atom is -0.472 e. The molecule has 0 saturated heterocycles. The normalized spacial score (nSPS) is 10.3. The van der Waals surface area contributed by atoms with Gasteiger partial charge in [0.15, 0.2) is 6.61 Å². The van der Waals surface area contributed by atoms with Crippen molar-refractivity contribution in [1.82, 2.24) is 9.97 Å². The van der Waals surface area contributed by atoms with Crippen LogP contribution in [-0.4, -0.2) is 28.9 Å². The number of rotatable bonds is 5. The van der Waals surface area contributed by atoms with Gasteiger partial charge in [-0.25, -0.2) is 8.78 Å². The molecule has 0 spiro atoms. The Morgan fingerprint density at radius 1 is 1.30 bits per heavy atom. The minimum atomic E-state index is -2.58. The molecule has 0 aliphatic heterocycles. The van der Waals surface area contributed by atoms with Gasteiger partial charge in [0.05, 0.1) is 5.56 Å². The van der Waals surface area contributed by atoms with E-state index in [9.17, 15) is 13.6 Å². The molecular weight excluding hydrogens is 268 g/mol. The Balaban J connectivity index is 2.02. The zero-order chi connectivity index (χ0) is 14.4. The molecule has 0 unspecified atom stereocenters. The predicted molar refractivity (Wildman–Crippen MR) is 67.9 cm³/mol. The van der Waals surface area contributed by atoms with Crippen LogP contribution in [0.1, 0.15) is 10.4 Å². The highest BCUT2D eigenvalue weighted by atomic mass is 19.3. The van der Waals surface area contributed by atoms with Crippen LogP contribution in [0.15, 0.2) is 42.7 Å². The fourth-order valence-corrected chi connectivity index (χ4v) is 1.40. The number of alkyl halides is 2. The molecular formula is C13H11F2N3O2. The number of nitrogens with one attached hydrogen (secondary N) is 1. The zero-order valence-corrected chi connectivity index (χ0v) is 10.3. The summed E-state index contributed by atoms with van der Waals surface area (Å²) in [5.41, 5.74) is 0.369. The number of pyridine rings is 2. The standard InChI is InChI=1S/C13H11F2N3O2/c14-10(15)8-20-12-5-1-4-11(17-12)18-13(19)9-3-2-6-16-7-9/h1-7,10H,8H2,(H,17,18,19). The van der Waals surface area contributed by atoms with Gasteiger partial charge >= 0.3 is 0 Å². The van der Waals surface area contributed by atoms with E-state index in [2.05, 4.69) is 15.3 Å². The van der Waals surface area contributed by atoms with Crippen LogP contribution in [0.25, 0.3) is 0 Å². The molecule has 0 atom stereocenters. The van der Waals surface area contributed by atoms with Gasteiger partial charge in [-0.15, -0.1) is 0 Å². The van der Waals surface area contributed by atoms with Gasteiger partial charge in [-0.2, -0.15) is 4.98 Å². The summed E-state index contributed by atoms with van der Waals surface area (Å²) >= 11 is 0. The molecule has 0 aromatic carbocycles. The first-order valence-corrected chi connectivity index (χ1v) is 5.74. The number of aromatic nitrogens is 2. The van der Waals surface area contributed by atoms with Crippen molar-refractivity contribution in [3.63, 3.8) is 0 Å². The van der Waals surface area contributed by atoms with Gasteiger partial charge < -0.3 is 10.1 Å². The van der Waals surface area contributed by atoms with Crippen LogP contribution in [0.5, 0.6) is 5.88 Å². The van der Waals surface area contributed by atoms with Gasteiger partial charge in [0, 0.05) is 18.5 Å². The molecule has 0 aliphatic carbocycles. The smallest absolute Gasteiger partial charge is 0.272 e. The van der Waals surface area contributed by atoms with Crippen LogP contribution in [0.4, 0.5) is 14.6 Å². The number of nitrogens with zero attached hydrogens (tertiary/aromatic N) is 2. The van der Waals surface area contributed by atoms with Gasteiger partial charge in [0.1, 0.15) is 5.82 Å². The summed E-state index contributed by atoms with van der Waals surface area (Å²) in [5.74, 6) is -0.156. The van der Waals surface area contributed by atoms with Crippen LogP contribution >= 0.6 is 0 Å². The highest BCUT2D eigenvalue weighted by molar-refractivity contribution is 6.03. The summed E-state index contributed by atoms with van der Waals surface area (Å²) in [6.45, 7) is -0.743. The van der Waals surface area contributed by atoms with Crippen LogP contribution in [0, 0.1) is 0 Å². The summed E-state index contributed by atoms with van der Waals surface area (Å²) in [6.07, 6.45) is 0.380. The largest absolute Gasteiger partial charge is 0.472 e. The number of anilines is 1. The Kier molecular flexibility index (Phi) is 4.54. The molecule has 2 rings (SSSR count). The van der Waals surface area contributed by atoms with Crippen molar-refractivity contribution < 1.29 is 18.3 Å². The highest BCUT2D eigenvalue weighted by Crippen LogP contribution is 2.13. The van der Waals surface area contributed by atoms with E-state index in [0.29, 0.717) is 5.56 Å². The fraction of sp³-hybridized carbons (Fsp3) is 0.154. The lowest BCUT2D eigenvalue weighted by atomic mass is 10.3. The first kappa shape index (κ1) is 13.9. The fourth-order valence-electron chi connectivity index (χ4n) is 1.40. The topological polar surface area (TPSA) is 64.1 Å². The van der Waals surface area contributed by atoms with E-state index in [1.165, 1.54) is 18.3 Å². The van der Waals surface area contributed by atoms with Crippen molar-refractivity contribution >= 4 is 11.7 Å². The third-order valence-corrected chi connectivity index (χ3v) is 2.25. The van der Waals surface area contributed by atoms with Gasteiger partial charge in [-0.3, -0.25) is 9.78 Å². The zero-order valence-electron chi connectivity index (χ0n) is 10.3. The quantitative estimate of drug-likeness (QED) is 0.912. The van der Waals surface area contributed by atoms with Crippen molar-refractivity contribution in [1.29, 1.82) is 0 Å². The molecule has 7 heteroatoms. The molecule has 1 amide bonds. The number of amides is 1. The summed E-state index contributed by atoms with van der Waals surface area (Å²) in [5, 5.41) is 2.53. The van der Waals surface area contributed by atoms with Crippen LogP contribution < -0.4 is 10.1 Å². The highest BCUT2D eigenvalue weighted by Gasteiger charge is 2.08. The van der Waals surface area contributed by atoms with Gasteiger partial charge in [0.25, 0.3) is 12.3 Å². The van der Waals surface area contributed by atoms with E-state index in [0.717, 1.165) is 0 Å².